The lowest BCUT2D eigenvalue weighted by atomic mass is 9.88. The summed E-state index contributed by atoms with van der Waals surface area (Å²) in [7, 11) is 0. The maximum Gasteiger partial charge on any atom is 0.231 e. The number of rotatable bonds is 5. The summed E-state index contributed by atoms with van der Waals surface area (Å²) in [6.45, 7) is 5.08. The Bertz CT molecular complexity index is 702. The zero-order valence-corrected chi connectivity index (χ0v) is 16.0. The van der Waals surface area contributed by atoms with E-state index in [1.165, 1.54) is 19.3 Å². The molecule has 1 aliphatic carbocycles. The first-order valence-electron chi connectivity index (χ1n) is 9.78. The Balaban J connectivity index is 1.54. The molecule has 140 valence electrons. The van der Waals surface area contributed by atoms with E-state index < -0.39 is 0 Å². The molecule has 1 aromatic carbocycles. The Morgan fingerprint density at radius 2 is 1.96 bits per heavy atom. The number of para-hydroxylation sites is 1. The van der Waals surface area contributed by atoms with Crippen molar-refractivity contribution < 1.29 is 9.53 Å². The average Bonchev–Trinajstić information content (AvgIpc) is 3.13. The minimum atomic E-state index is 0.167. The highest BCUT2D eigenvalue weighted by Gasteiger charge is 2.29. The van der Waals surface area contributed by atoms with Gasteiger partial charge in [-0.3, -0.25) is 14.6 Å². The molecule has 5 nitrogen and oxygen atoms in total. The van der Waals surface area contributed by atoms with Crippen LogP contribution in [0.25, 0.3) is 10.2 Å². The van der Waals surface area contributed by atoms with Crippen LogP contribution in [0, 0.1) is 5.92 Å². The molecule has 0 atom stereocenters. The van der Waals surface area contributed by atoms with Crippen molar-refractivity contribution in [3.8, 4) is 0 Å². The fraction of sp³-hybridized carbons (Fsp3) is 0.600. The summed E-state index contributed by atoms with van der Waals surface area (Å²) in [5.74, 6) is 0.442. The molecule has 0 N–H and O–H groups in total. The van der Waals surface area contributed by atoms with Gasteiger partial charge in [0, 0.05) is 32.1 Å². The molecule has 26 heavy (non-hydrogen) atoms. The van der Waals surface area contributed by atoms with Gasteiger partial charge in [-0.05, 0) is 25.0 Å². The van der Waals surface area contributed by atoms with Crippen LogP contribution in [0.2, 0.25) is 0 Å². The molecule has 1 aliphatic heterocycles. The first kappa shape index (κ1) is 17.9. The predicted octanol–water partition coefficient (Wildman–Crippen LogP) is 3.54. The minimum Gasteiger partial charge on any atom is -0.379 e. The number of nitrogens with zero attached hydrogens (tertiary/aromatic N) is 3. The summed E-state index contributed by atoms with van der Waals surface area (Å²) in [6.07, 6.45) is 5.66. The van der Waals surface area contributed by atoms with Crippen LogP contribution in [0.5, 0.6) is 0 Å². The van der Waals surface area contributed by atoms with Crippen molar-refractivity contribution in [1.29, 1.82) is 0 Å². The molecule has 2 fully saturated rings. The molecule has 1 aromatic heterocycles. The normalized spacial score (nSPS) is 19.7. The molecule has 0 bridgehead atoms. The summed E-state index contributed by atoms with van der Waals surface area (Å²) >= 11 is 1.64. The molecule has 2 aliphatic rings. The smallest absolute Gasteiger partial charge is 0.231 e. The molecule has 1 amide bonds. The van der Waals surface area contributed by atoms with Gasteiger partial charge in [-0.1, -0.05) is 42.7 Å². The number of hydrogen-bond acceptors (Lipinski definition) is 5. The van der Waals surface area contributed by atoms with Crippen molar-refractivity contribution in [1.82, 2.24) is 9.88 Å². The maximum absolute atomic E-state index is 13.3. The standard InChI is InChI=1S/C20H27N3O2S/c24-19(16-6-2-1-3-7-16)23(11-10-22-12-14-25-15-13-22)20-21-17-8-4-5-9-18(17)26-20/h4-5,8-9,16H,1-3,6-7,10-15H2. The summed E-state index contributed by atoms with van der Waals surface area (Å²) in [5, 5.41) is 0.857. The van der Waals surface area contributed by atoms with Gasteiger partial charge < -0.3 is 4.74 Å². The van der Waals surface area contributed by atoms with Crippen LogP contribution in [-0.2, 0) is 9.53 Å². The van der Waals surface area contributed by atoms with Crippen LogP contribution in [0.15, 0.2) is 24.3 Å². The molecule has 6 heteroatoms. The number of ether oxygens (including phenoxy) is 1. The second-order valence-corrected chi connectivity index (χ2v) is 8.25. The molecular weight excluding hydrogens is 346 g/mol. The summed E-state index contributed by atoms with van der Waals surface area (Å²) in [5.41, 5.74) is 0.986. The molecule has 0 unspecified atom stereocenters. The molecule has 2 heterocycles. The zero-order chi connectivity index (χ0) is 17.8. The van der Waals surface area contributed by atoms with Gasteiger partial charge in [0.2, 0.25) is 5.91 Å². The number of benzene rings is 1. The summed E-state index contributed by atoms with van der Waals surface area (Å²) in [6, 6.07) is 8.15. The SMILES string of the molecule is O=C(C1CCCCC1)N(CCN1CCOCC1)c1nc2ccccc2s1. The third-order valence-electron chi connectivity index (χ3n) is 5.48. The molecule has 1 saturated carbocycles. The topological polar surface area (TPSA) is 45.7 Å². The average molecular weight is 374 g/mol. The van der Waals surface area contributed by atoms with Crippen molar-refractivity contribution in [3.63, 3.8) is 0 Å². The van der Waals surface area contributed by atoms with Gasteiger partial charge in [0.05, 0.1) is 23.4 Å². The molecule has 2 aromatic rings. The van der Waals surface area contributed by atoms with Gasteiger partial charge in [-0.25, -0.2) is 4.98 Å². The van der Waals surface area contributed by atoms with E-state index in [1.54, 1.807) is 11.3 Å². The second kappa shape index (κ2) is 8.46. The monoisotopic (exact) mass is 373 g/mol. The number of carbonyl (C=O) groups excluding carboxylic acids is 1. The van der Waals surface area contributed by atoms with Gasteiger partial charge in [-0.2, -0.15) is 0 Å². The van der Waals surface area contributed by atoms with E-state index in [2.05, 4.69) is 11.0 Å². The van der Waals surface area contributed by atoms with E-state index in [4.69, 9.17) is 9.72 Å². The first-order chi connectivity index (χ1) is 12.8. The molecule has 4 rings (SSSR count). The Morgan fingerprint density at radius 1 is 1.19 bits per heavy atom. The highest BCUT2D eigenvalue weighted by Crippen LogP contribution is 2.32. The molecular formula is C20H27N3O2S. The number of aromatic nitrogens is 1. The number of fused-ring (bicyclic) bond motifs is 1. The highest BCUT2D eigenvalue weighted by atomic mass is 32.1. The number of anilines is 1. The van der Waals surface area contributed by atoms with E-state index >= 15 is 0 Å². The van der Waals surface area contributed by atoms with Crippen molar-refractivity contribution >= 4 is 32.6 Å². The van der Waals surface area contributed by atoms with Crippen LogP contribution < -0.4 is 4.90 Å². The largest absolute Gasteiger partial charge is 0.379 e. The Morgan fingerprint density at radius 3 is 2.73 bits per heavy atom. The lowest BCUT2D eigenvalue weighted by Gasteiger charge is -2.31. The summed E-state index contributed by atoms with van der Waals surface area (Å²) in [4.78, 5) is 22.4. The van der Waals surface area contributed by atoms with Crippen molar-refractivity contribution in [2.45, 2.75) is 32.1 Å². The van der Waals surface area contributed by atoms with Gasteiger partial charge >= 0.3 is 0 Å². The van der Waals surface area contributed by atoms with Gasteiger partial charge in [0.25, 0.3) is 0 Å². The number of hydrogen-bond donors (Lipinski definition) is 0. The van der Waals surface area contributed by atoms with Crippen molar-refractivity contribution in [3.05, 3.63) is 24.3 Å². The fourth-order valence-corrected chi connectivity index (χ4v) is 4.91. The van der Waals surface area contributed by atoms with E-state index in [0.717, 1.165) is 67.6 Å². The molecule has 1 saturated heterocycles. The van der Waals surface area contributed by atoms with Gasteiger partial charge in [-0.15, -0.1) is 0 Å². The fourth-order valence-electron chi connectivity index (χ4n) is 3.91. The Labute approximate surface area is 159 Å². The van der Waals surface area contributed by atoms with Crippen molar-refractivity contribution in [2.75, 3.05) is 44.3 Å². The maximum atomic E-state index is 13.3. The van der Waals surface area contributed by atoms with E-state index in [1.807, 2.05) is 23.1 Å². The Hall–Kier alpha value is -1.50. The quantitative estimate of drug-likeness (QED) is 0.804. The van der Waals surface area contributed by atoms with Crippen LogP contribution in [-0.4, -0.2) is 55.2 Å². The van der Waals surface area contributed by atoms with Gasteiger partial charge in [0.15, 0.2) is 5.13 Å². The number of thiazole rings is 1. The second-order valence-electron chi connectivity index (χ2n) is 7.24. The lowest BCUT2D eigenvalue weighted by molar-refractivity contribution is -0.123. The van der Waals surface area contributed by atoms with Crippen LogP contribution >= 0.6 is 11.3 Å². The predicted molar refractivity (Wildman–Crippen MR) is 106 cm³/mol. The van der Waals surface area contributed by atoms with Crippen LogP contribution in [0.3, 0.4) is 0 Å². The van der Waals surface area contributed by atoms with Crippen LogP contribution in [0.1, 0.15) is 32.1 Å². The summed E-state index contributed by atoms with van der Waals surface area (Å²) < 4.78 is 6.59. The van der Waals surface area contributed by atoms with E-state index in [0.29, 0.717) is 0 Å². The number of carbonyl (C=O) groups is 1. The van der Waals surface area contributed by atoms with Crippen molar-refractivity contribution in [2.24, 2.45) is 5.92 Å². The van der Waals surface area contributed by atoms with E-state index in [9.17, 15) is 4.79 Å². The highest BCUT2D eigenvalue weighted by molar-refractivity contribution is 7.22. The third-order valence-corrected chi connectivity index (χ3v) is 6.54. The van der Waals surface area contributed by atoms with Gasteiger partial charge in [0.1, 0.15) is 0 Å². The lowest BCUT2D eigenvalue weighted by Crippen LogP contribution is -2.45. The zero-order valence-electron chi connectivity index (χ0n) is 15.2. The molecule has 0 radical (unpaired) electrons. The number of morpholine rings is 1. The Kier molecular flexibility index (Phi) is 5.82. The minimum absolute atomic E-state index is 0.167. The van der Waals surface area contributed by atoms with E-state index in [-0.39, 0.29) is 11.8 Å². The van der Waals surface area contributed by atoms with Crippen LogP contribution in [0.4, 0.5) is 5.13 Å². The third kappa shape index (κ3) is 4.08. The number of amides is 1. The first-order valence-corrected chi connectivity index (χ1v) is 10.6. The molecule has 0 spiro atoms.